The van der Waals surface area contributed by atoms with Gasteiger partial charge >= 0.3 is 23.9 Å². The normalized spacial score (nSPS) is 15.9. The summed E-state index contributed by atoms with van der Waals surface area (Å²) in [6, 6.07) is -10.1. The zero-order valence-electron chi connectivity index (χ0n) is 32.9. The van der Waals surface area contributed by atoms with E-state index in [0.717, 1.165) is 0 Å². The first-order chi connectivity index (χ1) is 25.9. The van der Waals surface area contributed by atoms with Crippen molar-refractivity contribution >= 4 is 59.3 Å². The van der Waals surface area contributed by atoms with E-state index < -0.39 is 140 Å². The van der Waals surface area contributed by atoms with Gasteiger partial charge in [0.2, 0.25) is 35.4 Å². The maximum absolute atomic E-state index is 13.4. The number of carbonyl (C=O) groups excluding carboxylic acids is 6. The lowest BCUT2D eigenvalue weighted by Gasteiger charge is -2.27. The van der Waals surface area contributed by atoms with Crippen LogP contribution in [0.25, 0.3) is 0 Å². The SMILES string of the molecule is CC[C@H](C)[C@H](N)C(=O)N[C@@H](CCC(=O)O)C(=O)N[C@@H](CC(=O)O)C(=O)N[C@@H](CC(C)C)C(=O)N[C@@H](C)C(=O)N[C@@H](CCC(=O)O)C(=O)N[C@H](C(=O)O)[C@@H](C)CC. The lowest BCUT2D eigenvalue weighted by atomic mass is 9.98. The maximum atomic E-state index is 13.4. The average molecular weight is 802 g/mol. The Bertz CT molecular complexity index is 1420. The Kier molecular flexibility index (Phi) is 22.6. The van der Waals surface area contributed by atoms with Gasteiger partial charge in [0.25, 0.3) is 0 Å². The average Bonchev–Trinajstić information content (AvgIpc) is 3.10. The molecule has 0 aromatic carbocycles. The van der Waals surface area contributed by atoms with Gasteiger partial charge in [0.05, 0.1) is 12.5 Å². The molecular formula is C35H59N7O14. The standard InChI is InChI=1S/C35H59N7O14/c1-8-17(5)27(36)34(54)39-20(10-12-24(43)44)30(50)41-23(15-26(47)48)33(53)40-22(14-16(3)4)32(52)37-19(7)29(49)38-21(11-13-25(45)46)31(51)42-28(35(55)56)18(6)9-2/h16-23,27-28H,8-15,36H2,1-7H3,(H,37,52)(H,38,49)(H,39,54)(H,40,53)(H,41,50)(H,42,51)(H,43,44)(H,45,46)(H,47,48)(H,55,56)/t17-,18-,19-,20-,21-,22-,23-,27-,28-/m0/s1. The second-order valence-corrected chi connectivity index (χ2v) is 14.2. The summed E-state index contributed by atoms with van der Waals surface area (Å²) < 4.78 is 0. The van der Waals surface area contributed by atoms with Gasteiger partial charge in [0, 0.05) is 12.8 Å². The van der Waals surface area contributed by atoms with Crippen LogP contribution in [0, 0.1) is 17.8 Å². The Morgan fingerprint density at radius 1 is 0.500 bits per heavy atom. The van der Waals surface area contributed by atoms with E-state index in [-0.39, 0.29) is 18.3 Å². The molecule has 0 rings (SSSR count). The number of carboxylic acids is 4. The fraction of sp³-hybridized carbons (Fsp3) is 0.714. The van der Waals surface area contributed by atoms with Crippen LogP contribution in [0.3, 0.4) is 0 Å². The number of nitrogens with two attached hydrogens (primary N) is 1. The minimum atomic E-state index is -1.82. The van der Waals surface area contributed by atoms with E-state index in [1.165, 1.54) is 6.92 Å². The smallest absolute Gasteiger partial charge is 0.326 e. The molecule has 0 aromatic heterocycles. The van der Waals surface area contributed by atoms with Crippen LogP contribution in [-0.2, 0) is 47.9 Å². The number of hydrogen-bond donors (Lipinski definition) is 11. The van der Waals surface area contributed by atoms with Crippen molar-refractivity contribution in [1.29, 1.82) is 0 Å². The van der Waals surface area contributed by atoms with E-state index in [4.69, 9.17) is 10.8 Å². The second-order valence-electron chi connectivity index (χ2n) is 14.2. The van der Waals surface area contributed by atoms with Gasteiger partial charge in [-0.05, 0) is 43.9 Å². The summed E-state index contributed by atoms with van der Waals surface area (Å²) in [5.41, 5.74) is 5.95. The molecule has 0 aliphatic carbocycles. The zero-order valence-corrected chi connectivity index (χ0v) is 32.9. The molecule has 318 valence electrons. The maximum Gasteiger partial charge on any atom is 0.326 e. The summed E-state index contributed by atoms with van der Waals surface area (Å²) in [6.45, 7) is 11.3. The van der Waals surface area contributed by atoms with Gasteiger partial charge in [-0.1, -0.05) is 54.4 Å². The predicted octanol–water partition coefficient (Wildman–Crippen LogP) is -1.33. The Labute approximate surface area is 325 Å². The highest BCUT2D eigenvalue weighted by Gasteiger charge is 2.35. The Morgan fingerprint density at radius 3 is 1.34 bits per heavy atom. The third-order valence-corrected chi connectivity index (χ3v) is 9.00. The summed E-state index contributed by atoms with van der Waals surface area (Å²) in [5, 5.41) is 51.4. The molecule has 0 saturated carbocycles. The molecule has 0 spiro atoms. The molecule has 0 saturated heterocycles. The number of aliphatic carboxylic acids is 4. The first-order valence-corrected chi connectivity index (χ1v) is 18.4. The van der Waals surface area contributed by atoms with Crippen LogP contribution in [0.5, 0.6) is 0 Å². The van der Waals surface area contributed by atoms with Crippen molar-refractivity contribution in [2.24, 2.45) is 23.5 Å². The van der Waals surface area contributed by atoms with Crippen LogP contribution >= 0.6 is 0 Å². The number of nitrogens with one attached hydrogen (secondary N) is 6. The van der Waals surface area contributed by atoms with Crippen molar-refractivity contribution in [3.8, 4) is 0 Å². The van der Waals surface area contributed by atoms with Crippen LogP contribution in [0.15, 0.2) is 0 Å². The zero-order chi connectivity index (χ0) is 43.4. The van der Waals surface area contributed by atoms with Crippen LogP contribution in [0.4, 0.5) is 0 Å². The number of rotatable bonds is 27. The van der Waals surface area contributed by atoms with Crippen molar-refractivity contribution in [2.75, 3.05) is 0 Å². The van der Waals surface area contributed by atoms with E-state index in [9.17, 15) is 63.3 Å². The Morgan fingerprint density at radius 2 is 0.911 bits per heavy atom. The van der Waals surface area contributed by atoms with Crippen LogP contribution in [0.1, 0.15) is 99.8 Å². The van der Waals surface area contributed by atoms with Crippen LogP contribution < -0.4 is 37.6 Å². The quantitative estimate of drug-likeness (QED) is 0.0458. The third-order valence-electron chi connectivity index (χ3n) is 9.00. The highest BCUT2D eigenvalue weighted by Crippen LogP contribution is 2.11. The Hall–Kier alpha value is -5.34. The number of carbonyl (C=O) groups is 10. The molecule has 12 N–H and O–H groups in total. The fourth-order valence-corrected chi connectivity index (χ4v) is 5.10. The van der Waals surface area contributed by atoms with E-state index in [2.05, 4.69) is 31.9 Å². The molecule has 6 amide bonds. The molecule has 0 bridgehead atoms. The monoisotopic (exact) mass is 801 g/mol. The predicted molar refractivity (Wildman–Crippen MR) is 197 cm³/mol. The molecule has 21 heteroatoms. The molecule has 21 nitrogen and oxygen atoms in total. The first kappa shape index (κ1) is 50.7. The lowest BCUT2D eigenvalue weighted by molar-refractivity contribution is -0.144. The molecule has 56 heavy (non-hydrogen) atoms. The van der Waals surface area contributed by atoms with Crippen molar-refractivity contribution in [1.82, 2.24) is 31.9 Å². The molecule has 0 aliphatic heterocycles. The van der Waals surface area contributed by atoms with Crippen LogP contribution in [0.2, 0.25) is 0 Å². The van der Waals surface area contributed by atoms with Crippen LogP contribution in [-0.4, -0.2) is 122 Å². The van der Waals surface area contributed by atoms with E-state index in [1.807, 2.05) is 0 Å². The van der Waals surface area contributed by atoms with Gasteiger partial charge in [0.1, 0.15) is 36.3 Å². The summed E-state index contributed by atoms with van der Waals surface area (Å²) in [5.74, 6) is -12.5. The van der Waals surface area contributed by atoms with E-state index >= 15 is 0 Å². The number of amides is 6. The molecule has 0 fully saturated rings. The van der Waals surface area contributed by atoms with Crippen molar-refractivity contribution in [3.05, 3.63) is 0 Å². The number of hydrogen-bond acceptors (Lipinski definition) is 11. The Balaban J connectivity index is 6.14. The minimum absolute atomic E-state index is 0.0553. The summed E-state index contributed by atoms with van der Waals surface area (Å²) >= 11 is 0. The second kappa shape index (κ2) is 24.9. The van der Waals surface area contributed by atoms with Gasteiger partial charge in [0.15, 0.2) is 0 Å². The lowest BCUT2D eigenvalue weighted by Crippen LogP contribution is -2.60. The van der Waals surface area contributed by atoms with Gasteiger partial charge < -0.3 is 58.1 Å². The first-order valence-electron chi connectivity index (χ1n) is 18.4. The molecular weight excluding hydrogens is 742 g/mol. The van der Waals surface area contributed by atoms with Gasteiger partial charge in [-0.15, -0.1) is 0 Å². The molecule has 0 unspecified atom stereocenters. The van der Waals surface area contributed by atoms with Crippen molar-refractivity contribution in [3.63, 3.8) is 0 Å². The molecule has 9 atom stereocenters. The fourth-order valence-electron chi connectivity index (χ4n) is 5.10. The summed E-state index contributed by atoms with van der Waals surface area (Å²) in [6.07, 6.45) is -2.17. The topological polar surface area (TPSA) is 350 Å². The molecule has 0 heterocycles. The minimum Gasteiger partial charge on any atom is -0.481 e. The summed E-state index contributed by atoms with van der Waals surface area (Å²) in [4.78, 5) is 125. The van der Waals surface area contributed by atoms with Crippen molar-refractivity contribution in [2.45, 2.75) is 142 Å². The van der Waals surface area contributed by atoms with Gasteiger partial charge in [-0.25, -0.2) is 4.79 Å². The highest BCUT2D eigenvalue weighted by atomic mass is 16.4. The molecule has 0 aliphatic rings. The van der Waals surface area contributed by atoms with E-state index in [1.54, 1.807) is 41.5 Å². The highest BCUT2D eigenvalue weighted by molar-refractivity contribution is 5.98. The largest absolute Gasteiger partial charge is 0.481 e. The van der Waals surface area contributed by atoms with Gasteiger partial charge in [-0.2, -0.15) is 0 Å². The molecule has 0 radical (unpaired) electrons. The third kappa shape index (κ3) is 18.8. The van der Waals surface area contributed by atoms with Crippen molar-refractivity contribution < 1.29 is 68.4 Å². The summed E-state index contributed by atoms with van der Waals surface area (Å²) in [7, 11) is 0. The van der Waals surface area contributed by atoms with Gasteiger partial charge in [-0.3, -0.25) is 43.2 Å². The van der Waals surface area contributed by atoms with E-state index in [0.29, 0.717) is 12.8 Å². The number of carboxylic acid groups (broad SMARTS) is 4. The molecule has 0 aromatic rings.